The number of ether oxygens (including phenoxy) is 3. The van der Waals surface area contributed by atoms with Crippen molar-refractivity contribution in [3.63, 3.8) is 0 Å². The van der Waals surface area contributed by atoms with Crippen LogP contribution in [0.5, 0.6) is 23.0 Å². The maximum atomic E-state index is 13.4. The summed E-state index contributed by atoms with van der Waals surface area (Å²) in [7, 11) is 3.18. The third-order valence-corrected chi connectivity index (χ3v) is 11.1. The number of imide groups is 1. The van der Waals surface area contributed by atoms with Gasteiger partial charge in [-0.05, 0) is 77.3 Å². The molecule has 2 amide bonds. The summed E-state index contributed by atoms with van der Waals surface area (Å²) in [6.45, 7) is 25.2. The van der Waals surface area contributed by atoms with Crippen LogP contribution in [0.15, 0.2) is 48.5 Å². The predicted octanol–water partition coefficient (Wildman–Crippen LogP) is 11.5. The van der Waals surface area contributed by atoms with Crippen molar-refractivity contribution in [3.8, 4) is 23.0 Å². The van der Waals surface area contributed by atoms with Crippen LogP contribution in [0, 0.1) is 0 Å². The Bertz CT molecular complexity index is 2160. The summed E-state index contributed by atoms with van der Waals surface area (Å²) in [6, 6.07) is 16.2. The number of alkyl halides is 3. The van der Waals surface area contributed by atoms with E-state index in [9.17, 15) is 27.9 Å². The van der Waals surface area contributed by atoms with Crippen molar-refractivity contribution in [2.24, 2.45) is 0 Å². The highest BCUT2D eigenvalue weighted by Crippen LogP contribution is 2.44. The maximum absolute atomic E-state index is 13.4. The molecule has 1 aliphatic carbocycles. The molecule has 0 aliphatic heterocycles. The van der Waals surface area contributed by atoms with Crippen LogP contribution in [-0.4, -0.2) is 37.5 Å². The maximum Gasteiger partial charge on any atom is 0.471 e. The lowest BCUT2D eigenvalue weighted by molar-refractivity contribution is -0.172. The lowest BCUT2D eigenvalue weighted by atomic mass is 9.79. The molecule has 0 saturated heterocycles. The van der Waals surface area contributed by atoms with Crippen LogP contribution < -0.4 is 19.5 Å². The number of nitrogens with one attached hydrogen (secondary N) is 1. The third-order valence-electron chi connectivity index (χ3n) is 11.1. The summed E-state index contributed by atoms with van der Waals surface area (Å²) in [6.07, 6.45) is -5.91. The number of rotatable bonds is 3. The number of hydrogen-bond acceptors (Lipinski definition) is 6. The number of amides is 2. The quantitative estimate of drug-likeness (QED) is 0.188. The average molecular weight is 816 g/mol. The van der Waals surface area contributed by atoms with E-state index in [1.165, 1.54) is 5.32 Å². The van der Waals surface area contributed by atoms with E-state index in [0.29, 0.717) is 35.5 Å². The van der Waals surface area contributed by atoms with Crippen LogP contribution in [0.1, 0.15) is 150 Å². The molecule has 0 unspecified atom stereocenters. The van der Waals surface area contributed by atoms with E-state index in [4.69, 9.17) is 14.2 Å². The first kappa shape index (κ1) is 45.1. The number of aromatic hydroxyl groups is 1. The van der Waals surface area contributed by atoms with Crippen LogP contribution in [0.3, 0.4) is 0 Å². The Hall–Kier alpha value is -4.99. The van der Waals surface area contributed by atoms with Gasteiger partial charge < -0.3 is 19.3 Å². The highest BCUT2D eigenvalue weighted by molar-refractivity contribution is 5.95. The Labute approximate surface area is 347 Å². The fourth-order valence-electron chi connectivity index (χ4n) is 7.57. The van der Waals surface area contributed by atoms with Crippen LogP contribution in [0.4, 0.5) is 18.0 Å². The summed E-state index contributed by atoms with van der Waals surface area (Å²) < 4.78 is 58.4. The van der Waals surface area contributed by atoms with Crippen molar-refractivity contribution in [1.82, 2.24) is 5.32 Å². The molecule has 7 nitrogen and oxygen atoms in total. The molecule has 0 aromatic heterocycles. The molecule has 0 fully saturated rings. The van der Waals surface area contributed by atoms with Gasteiger partial charge in [0.2, 0.25) is 0 Å². The van der Waals surface area contributed by atoms with Gasteiger partial charge in [0.25, 0.3) is 0 Å². The zero-order valence-corrected chi connectivity index (χ0v) is 37.1. The first-order chi connectivity index (χ1) is 27.0. The lowest BCUT2D eigenvalue weighted by Crippen LogP contribution is -2.42. The van der Waals surface area contributed by atoms with Gasteiger partial charge in [-0.3, -0.25) is 10.1 Å². The number of fused-ring (bicyclic) bond motifs is 8. The number of phenols is 1. The van der Waals surface area contributed by atoms with Crippen LogP contribution in [0.25, 0.3) is 0 Å². The highest BCUT2D eigenvalue weighted by Gasteiger charge is 2.40. The Morgan fingerprint density at radius 2 is 0.746 bits per heavy atom. The second-order valence-electron chi connectivity index (χ2n) is 20.0. The molecule has 0 atom stereocenters. The van der Waals surface area contributed by atoms with E-state index >= 15 is 0 Å². The molecule has 4 aromatic rings. The molecule has 8 bridgehead atoms. The van der Waals surface area contributed by atoms with Crippen LogP contribution in [-0.2, 0) is 52.1 Å². The first-order valence-electron chi connectivity index (χ1n) is 20.0. The van der Waals surface area contributed by atoms with Gasteiger partial charge >= 0.3 is 18.2 Å². The van der Waals surface area contributed by atoms with Gasteiger partial charge in [-0.15, -0.1) is 0 Å². The molecule has 0 spiro atoms. The largest absolute Gasteiger partial charge is 0.507 e. The summed E-state index contributed by atoms with van der Waals surface area (Å²) in [4.78, 5) is 25.3. The van der Waals surface area contributed by atoms with E-state index in [1.807, 2.05) is 24.3 Å². The molecule has 4 aromatic carbocycles. The minimum atomic E-state index is -5.31. The van der Waals surface area contributed by atoms with E-state index in [2.05, 4.69) is 107 Å². The van der Waals surface area contributed by atoms with Gasteiger partial charge in [-0.25, -0.2) is 4.79 Å². The van der Waals surface area contributed by atoms with Gasteiger partial charge in [0.1, 0.15) is 23.0 Å². The molecular formula is C49H60F3NO6. The number of benzene rings is 4. The summed E-state index contributed by atoms with van der Waals surface area (Å²) in [5, 5.41) is 13.6. The Balaban J connectivity index is 1.95. The van der Waals surface area contributed by atoms with Crippen LogP contribution >= 0.6 is 0 Å². The molecule has 2 N–H and O–H groups in total. The smallest absolute Gasteiger partial charge is 0.471 e. The SMILES string of the molecule is COc1c2cc(C(C)(C)C)cc1Cc1cc(C(C)(C)C)cc(c1OC(=O)NC(=O)C(F)(F)F)Cc1cc(C(C)(C)C)cc(c1OC)Cc1cc(C(C)(C)C)cc(c1O)C2. The lowest BCUT2D eigenvalue weighted by Gasteiger charge is -2.28. The van der Waals surface area contributed by atoms with Crippen molar-refractivity contribution in [3.05, 3.63) is 115 Å². The van der Waals surface area contributed by atoms with Crippen molar-refractivity contribution < 1.29 is 42.1 Å². The third kappa shape index (κ3) is 10.1. The van der Waals surface area contributed by atoms with Crippen molar-refractivity contribution in [1.29, 1.82) is 0 Å². The molecular weight excluding hydrogens is 756 g/mol. The topological polar surface area (TPSA) is 94.1 Å². The van der Waals surface area contributed by atoms with E-state index in [0.717, 1.165) is 55.6 Å². The van der Waals surface area contributed by atoms with Crippen molar-refractivity contribution >= 4 is 12.0 Å². The fourth-order valence-corrected chi connectivity index (χ4v) is 7.57. The van der Waals surface area contributed by atoms with Gasteiger partial charge in [-0.2, -0.15) is 13.2 Å². The predicted molar refractivity (Wildman–Crippen MR) is 227 cm³/mol. The Kier molecular flexibility index (Phi) is 12.1. The van der Waals surface area contributed by atoms with Crippen LogP contribution in [0.2, 0.25) is 0 Å². The molecule has 318 valence electrons. The monoisotopic (exact) mass is 815 g/mol. The summed E-state index contributed by atoms with van der Waals surface area (Å²) in [5.74, 6) is -1.07. The highest BCUT2D eigenvalue weighted by atomic mass is 19.4. The number of carbonyl (C=O) groups is 2. The minimum absolute atomic E-state index is 0.0322. The first-order valence-corrected chi connectivity index (χ1v) is 20.0. The normalized spacial score (nSPS) is 13.8. The van der Waals surface area contributed by atoms with Crippen molar-refractivity contribution in [2.45, 2.75) is 137 Å². The van der Waals surface area contributed by atoms with Crippen molar-refractivity contribution in [2.75, 3.05) is 14.2 Å². The van der Waals surface area contributed by atoms with Gasteiger partial charge in [0, 0.05) is 36.8 Å². The molecule has 5 rings (SSSR count). The summed E-state index contributed by atoms with van der Waals surface area (Å²) in [5.41, 5.74) is 8.27. The van der Waals surface area contributed by atoms with Gasteiger partial charge in [0.05, 0.1) is 14.2 Å². The standard InChI is InChI=1S/C49H60F3NO6/c1-45(2,3)35-19-27-15-29-21-36(46(4,5)6)23-31(40(29)57-13)17-33-25-38(48(10,11)12)26-34(42(33)59-44(56)53-43(55)49(50,51)52)18-32-24-37(47(7,8)9)22-30(41(32)58-14)16-28(20-35)39(27)54/h19-26,54H,15-18H2,1-14H3,(H,53,55,56). The Morgan fingerprint density at radius 1 is 0.492 bits per heavy atom. The minimum Gasteiger partial charge on any atom is -0.507 e. The number of methoxy groups -OCH3 is 2. The zero-order chi connectivity index (χ0) is 44.2. The summed E-state index contributed by atoms with van der Waals surface area (Å²) >= 11 is 0. The second kappa shape index (κ2) is 15.9. The van der Waals surface area contributed by atoms with Gasteiger partial charge in [0.15, 0.2) is 0 Å². The number of carbonyl (C=O) groups excluding carboxylic acids is 2. The van der Waals surface area contributed by atoms with Gasteiger partial charge in [-0.1, -0.05) is 132 Å². The molecule has 1 aliphatic rings. The number of hydrogen-bond donors (Lipinski definition) is 2. The Morgan fingerprint density at radius 3 is 1.00 bits per heavy atom. The molecule has 59 heavy (non-hydrogen) atoms. The van der Waals surface area contributed by atoms with E-state index in [-0.39, 0.29) is 40.6 Å². The van der Waals surface area contributed by atoms with E-state index in [1.54, 1.807) is 14.2 Å². The molecule has 0 saturated carbocycles. The number of phenolic OH excluding ortho intramolecular Hbond substituents is 1. The molecule has 0 radical (unpaired) electrons. The molecule has 0 heterocycles. The second-order valence-corrected chi connectivity index (χ2v) is 20.0. The average Bonchev–Trinajstić information content (AvgIpc) is 3.08. The zero-order valence-electron chi connectivity index (χ0n) is 37.1. The van der Waals surface area contributed by atoms with E-state index < -0.39 is 23.6 Å². The molecule has 10 heteroatoms. The fraction of sp³-hybridized carbons (Fsp3) is 0.469. The number of halogens is 3.